The maximum absolute atomic E-state index is 13.3. The Kier molecular flexibility index (Phi) is 5.22. The Labute approximate surface area is 165 Å². The quantitative estimate of drug-likeness (QED) is 0.424. The molecule has 1 aliphatic carbocycles. The first-order valence-corrected chi connectivity index (χ1v) is 9.08. The number of allylic oxidation sites excluding steroid dienone is 5. The average Bonchev–Trinajstić information content (AvgIpc) is 3.36. The minimum atomic E-state index is -4.54. The van der Waals surface area contributed by atoms with Gasteiger partial charge in [-0.2, -0.15) is 18.4 Å². The number of hydrogen-bond acceptors (Lipinski definition) is 1. The molecule has 0 radical (unpaired) electrons. The first-order valence-electron chi connectivity index (χ1n) is 7.49. The van der Waals surface area contributed by atoms with Gasteiger partial charge < -0.3 is 0 Å². The van der Waals surface area contributed by atoms with Gasteiger partial charge in [0.15, 0.2) is 0 Å². The molecule has 0 aliphatic heterocycles. The second-order valence-corrected chi connectivity index (χ2v) is 7.06. The van der Waals surface area contributed by atoms with Gasteiger partial charge in [0, 0.05) is 21.2 Å². The summed E-state index contributed by atoms with van der Waals surface area (Å²) in [6.07, 6.45) is -4.54. The van der Waals surface area contributed by atoms with Gasteiger partial charge in [-0.25, -0.2) is 0 Å². The molecule has 0 amide bonds. The minimum Gasteiger partial charge on any atom is -0.192 e. The Morgan fingerprint density at radius 3 is 1.73 bits per heavy atom. The van der Waals surface area contributed by atoms with Crippen molar-refractivity contribution in [2.24, 2.45) is 0 Å². The van der Waals surface area contributed by atoms with Gasteiger partial charge in [-0.05, 0) is 43.0 Å². The van der Waals surface area contributed by atoms with Gasteiger partial charge in [-0.3, -0.25) is 0 Å². The second-order valence-electron chi connectivity index (χ2n) is 5.47. The zero-order valence-corrected chi connectivity index (χ0v) is 16.3. The van der Waals surface area contributed by atoms with Crippen LogP contribution >= 0.6 is 31.9 Å². The summed E-state index contributed by atoms with van der Waals surface area (Å²) in [5.41, 5.74) is 2.23. The predicted octanol–water partition coefficient (Wildman–Crippen LogP) is 6.99. The number of nitriles is 1. The molecule has 0 atom stereocenters. The minimum absolute atomic E-state index is 0.00799. The maximum atomic E-state index is 13.3. The van der Waals surface area contributed by atoms with Crippen molar-refractivity contribution < 1.29 is 13.2 Å². The first kappa shape index (κ1) is 18.7. The molecule has 0 bridgehead atoms. The van der Waals surface area contributed by atoms with Gasteiger partial charge in [0.05, 0.1) is 5.57 Å². The van der Waals surface area contributed by atoms with Crippen LogP contribution in [0.3, 0.4) is 0 Å². The highest BCUT2D eigenvalue weighted by atomic mass is 79.9. The van der Waals surface area contributed by atoms with E-state index in [-0.39, 0.29) is 11.1 Å². The normalized spacial score (nSPS) is 19.5. The Balaban J connectivity index is 2.30. The van der Waals surface area contributed by atoms with Crippen molar-refractivity contribution in [1.82, 2.24) is 0 Å². The van der Waals surface area contributed by atoms with Crippen molar-refractivity contribution in [2.45, 2.75) is 6.18 Å². The molecule has 0 heterocycles. The zero-order chi connectivity index (χ0) is 18.9. The molecule has 130 valence electrons. The third-order valence-electron chi connectivity index (χ3n) is 3.83. The molecule has 3 rings (SSSR count). The van der Waals surface area contributed by atoms with Crippen LogP contribution in [0.2, 0.25) is 0 Å². The van der Waals surface area contributed by atoms with Gasteiger partial charge in [0.1, 0.15) is 10.6 Å². The van der Waals surface area contributed by atoms with Crippen LogP contribution in [0.1, 0.15) is 11.1 Å². The molecule has 6 heteroatoms. The second kappa shape index (κ2) is 7.26. The molecule has 1 fully saturated rings. The smallest absolute Gasteiger partial charge is 0.192 e. The third-order valence-corrected chi connectivity index (χ3v) is 5.53. The SMILES string of the molecule is N#CC(=C1C(=C(Br)c2ccccc2)C1=C(Br)C(F)(F)F)c1ccccc1. The average molecular weight is 481 g/mol. The molecule has 1 saturated carbocycles. The topological polar surface area (TPSA) is 23.8 Å². The molecule has 0 N–H and O–H groups in total. The Morgan fingerprint density at radius 2 is 1.27 bits per heavy atom. The van der Waals surface area contributed by atoms with E-state index in [0.717, 1.165) is 5.56 Å². The molecule has 2 aromatic rings. The summed E-state index contributed by atoms with van der Waals surface area (Å²) in [4.78, 5) is 0. The fourth-order valence-electron chi connectivity index (χ4n) is 2.62. The number of alkyl halides is 3. The van der Waals surface area contributed by atoms with E-state index in [4.69, 9.17) is 0 Å². The summed E-state index contributed by atoms with van der Waals surface area (Å²) in [7, 11) is 0. The van der Waals surface area contributed by atoms with Crippen LogP contribution in [-0.4, -0.2) is 6.18 Å². The summed E-state index contributed by atoms with van der Waals surface area (Å²) < 4.78 is 39.5. The zero-order valence-electron chi connectivity index (χ0n) is 13.1. The monoisotopic (exact) mass is 479 g/mol. The first-order chi connectivity index (χ1) is 12.4. The van der Waals surface area contributed by atoms with E-state index in [2.05, 4.69) is 37.9 Å². The van der Waals surface area contributed by atoms with Crippen LogP contribution in [-0.2, 0) is 0 Å². The van der Waals surface area contributed by atoms with Crippen molar-refractivity contribution >= 4 is 41.9 Å². The number of benzene rings is 2. The largest absolute Gasteiger partial charge is 0.423 e. The fraction of sp³-hybridized carbons (Fsp3) is 0.0500. The molecule has 0 saturated heterocycles. The number of halogens is 5. The van der Waals surface area contributed by atoms with Crippen LogP contribution < -0.4 is 0 Å². The van der Waals surface area contributed by atoms with Gasteiger partial charge in [-0.1, -0.05) is 60.7 Å². The Morgan fingerprint density at radius 1 is 0.769 bits per heavy atom. The molecule has 2 aromatic carbocycles. The molecular formula is C20H10Br2F3N. The van der Waals surface area contributed by atoms with E-state index in [1.807, 2.05) is 6.07 Å². The molecule has 1 nitrogen and oxygen atoms in total. The lowest BCUT2D eigenvalue weighted by atomic mass is 10.1. The lowest BCUT2D eigenvalue weighted by Gasteiger charge is -2.02. The Hall–Kier alpha value is -2.10. The maximum Gasteiger partial charge on any atom is 0.423 e. The predicted molar refractivity (Wildman–Crippen MR) is 103 cm³/mol. The number of rotatable bonds is 2. The summed E-state index contributed by atoms with van der Waals surface area (Å²) in [5.74, 6) is 0. The van der Waals surface area contributed by atoms with Gasteiger partial charge in [0.2, 0.25) is 0 Å². The van der Waals surface area contributed by atoms with Crippen molar-refractivity contribution in [1.29, 1.82) is 5.26 Å². The van der Waals surface area contributed by atoms with E-state index < -0.39 is 10.7 Å². The van der Waals surface area contributed by atoms with Crippen LogP contribution in [0.25, 0.3) is 10.1 Å². The standard InChI is InChI=1S/C20H10Br2F3N/c21-18(13-9-5-2-6-10-13)16-15(17(16)19(22)20(23,24)25)14(11-26)12-7-3-1-4-8-12/h1-10H. The van der Waals surface area contributed by atoms with Crippen molar-refractivity contribution in [3.8, 4) is 6.07 Å². The lowest BCUT2D eigenvalue weighted by Crippen LogP contribution is -2.06. The van der Waals surface area contributed by atoms with Gasteiger partial charge in [-0.15, -0.1) is 0 Å². The molecule has 1 aliphatic rings. The van der Waals surface area contributed by atoms with Crippen molar-refractivity contribution in [3.05, 3.63) is 93.0 Å². The molecule has 26 heavy (non-hydrogen) atoms. The molecular weight excluding hydrogens is 471 g/mol. The van der Waals surface area contributed by atoms with Crippen LogP contribution in [0, 0.1) is 11.3 Å². The molecule has 0 unspecified atom stereocenters. The molecule has 0 spiro atoms. The number of nitrogens with zero attached hydrogens (tertiary/aromatic N) is 1. The van der Waals surface area contributed by atoms with Gasteiger partial charge >= 0.3 is 6.18 Å². The summed E-state index contributed by atoms with van der Waals surface area (Å²) in [5, 5.41) is 9.60. The third kappa shape index (κ3) is 3.55. The van der Waals surface area contributed by atoms with Crippen molar-refractivity contribution in [2.75, 3.05) is 0 Å². The molecule has 0 aromatic heterocycles. The highest BCUT2D eigenvalue weighted by Gasteiger charge is 2.46. The Bertz CT molecular complexity index is 979. The fourth-order valence-corrected chi connectivity index (χ4v) is 3.67. The summed E-state index contributed by atoms with van der Waals surface area (Å²) in [6.45, 7) is 0. The van der Waals surface area contributed by atoms with E-state index >= 15 is 0 Å². The van der Waals surface area contributed by atoms with E-state index in [0.29, 0.717) is 21.2 Å². The lowest BCUT2D eigenvalue weighted by molar-refractivity contribution is -0.0830. The van der Waals surface area contributed by atoms with E-state index in [9.17, 15) is 18.4 Å². The van der Waals surface area contributed by atoms with Gasteiger partial charge in [0.25, 0.3) is 0 Å². The van der Waals surface area contributed by atoms with Crippen LogP contribution in [0.15, 0.2) is 81.9 Å². The van der Waals surface area contributed by atoms with Crippen LogP contribution in [0.5, 0.6) is 0 Å². The van der Waals surface area contributed by atoms with E-state index in [1.165, 1.54) is 0 Å². The summed E-state index contributed by atoms with van der Waals surface area (Å²) >= 11 is 6.09. The summed E-state index contributed by atoms with van der Waals surface area (Å²) in [6, 6.07) is 19.7. The van der Waals surface area contributed by atoms with Crippen LogP contribution in [0.4, 0.5) is 13.2 Å². The van der Waals surface area contributed by atoms with E-state index in [1.54, 1.807) is 54.6 Å². The number of hydrogen-bond donors (Lipinski definition) is 0. The van der Waals surface area contributed by atoms with Crippen molar-refractivity contribution in [3.63, 3.8) is 0 Å². The highest BCUT2D eigenvalue weighted by molar-refractivity contribution is 9.15. The highest BCUT2D eigenvalue weighted by Crippen LogP contribution is 2.58.